The number of anilines is 1. The number of nitrogens with zero attached hydrogens (tertiary/aromatic N) is 6. The number of rotatable bonds is 16. The monoisotopic (exact) mass is 580 g/mol. The van der Waals surface area contributed by atoms with Crippen molar-refractivity contribution in [3.63, 3.8) is 0 Å². The molecule has 1 amide bonds. The molecule has 2 aromatic rings. The number of carbonyl (C=O) groups is 1. The van der Waals surface area contributed by atoms with Gasteiger partial charge in [0.25, 0.3) is 5.78 Å². The molecule has 0 radical (unpaired) electrons. The molecule has 232 valence electrons. The summed E-state index contributed by atoms with van der Waals surface area (Å²) >= 11 is 0. The van der Waals surface area contributed by atoms with Gasteiger partial charge in [0.15, 0.2) is 5.82 Å². The highest BCUT2D eigenvalue weighted by Crippen LogP contribution is 2.27. The minimum absolute atomic E-state index is 0.0183. The fourth-order valence-electron chi connectivity index (χ4n) is 5.91. The average molecular weight is 581 g/mol. The molecular weight excluding hydrogens is 528 g/mol. The molecule has 2 N–H and O–H groups in total. The second kappa shape index (κ2) is 15.5. The number of ether oxygens (including phenoxy) is 1. The van der Waals surface area contributed by atoms with Crippen LogP contribution in [0.2, 0.25) is 0 Å². The van der Waals surface area contributed by atoms with Gasteiger partial charge >= 0.3 is 0 Å². The molecule has 42 heavy (non-hydrogen) atoms. The lowest BCUT2D eigenvalue weighted by molar-refractivity contribution is -0.126. The number of hydrogen-bond donors (Lipinski definition) is 2. The summed E-state index contributed by atoms with van der Waals surface area (Å²) in [6.07, 6.45) is 9.61. The summed E-state index contributed by atoms with van der Waals surface area (Å²) in [4.78, 5) is 27.5. The normalized spacial score (nSPS) is 19.5. The van der Waals surface area contributed by atoms with Gasteiger partial charge in [0.2, 0.25) is 5.91 Å². The third kappa shape index (κ3) is 8.77. The molecule has 4 heterocycles. The topological polar surface area (TPSA) is 99.9 Å². The van der Waals surface area contributed by atoms with Crippen molar-refractivity contribution in [1.29, 1.82) is 0 Å². The van der Waals surface area contributed by atoms with Gasteiger partial charge in [0, 0.05) is 70.8 Å². The van der Waals surface area contributed by atoms with Crippen LogP contribution in [0.3, 0.4) is 0 Å². The van der Waals surface area contributed by atoms with Crippen molar-refractivity contribution in [3.05, 3.63) is 42.0 Å². The van der Waals surface area contributed by atoms with Crippen LogP contribution in [0.1, 0.15) is 83.1 Å². The van der Waals surface area contributed by atoms with Crippen molar-refractivity contribution >= 4 is 17.5 Å². The van der Waals surface area contributed by atoms with E-state index < -0.39 is 0 Å². The highest BCUT2D eigenvalue weighted by Gasteiger charge is 2.28. The van der Waals surface area contributed by atoms with Crippen LogP contribution in [0, 0.1) is 11.8 Å². The Morgan fingerprint density at radius 3 is 2.69 bits per heavy atom. The maximum Gasteiger partial charge on any atom is 0.252 e. The van der Waals surface area contributed by atoms with E-state index in [1.54, 1.807) is 7.11 Å². The summed E-state index contributed by atoms with van der Waals surface area (Å²) in [6, 6.07) is 0.0183. The molecule has 2 fully saturated rings. The van der Waals surface area contributed by atoms with Crippen LogP contribution in [0.5, 0.6) is 0 Å². The van der Waals surface area contributed by atoms with E-state index >= 15 is 0 Å². The zero-order valence-corrected chi connectivity index (χ0v) is 26.3. The predicted octanol–water partition coefficient (Wildman–Crippen LogP) is 4.29. The molecule has 0 spiro atoms. The second-order valence-corrected chi connectivity index (χ2v) is 12.3. The smallest absolute Gasteiger partial charge is 0.252 e. The Morgan fingerprint density at radius 1 is 1.21 bits per heavy atom. The first-order valence-electron chi connectivity index (χ1n) is 15.9. The van der Waals surface area contributed by atoms with Gasteiger partial charge in [-0.3, -0.25) is 9.69 Å². The first-order chi connectivity index (χ1) is 20.3. The first-order valence-corrected chi connectivity index (χ1v) is 15.9. The first kappa shape index (κ1) is 31.9. The summed E-state index contributed by atoms with van der Waals surface area (Å²) in [6.45, 7) is 20.9. The number of aromatic nitrogens is 4. The highest BCUT2D eigenvalue weighted by atomic mass is 16.5. The quantitative estimate of drug-likeness (QED) is 0.284. The van der Waals surface area contributed by atoms with E-state index in [2.05, 4.69) is 47.4 Å². The van der Waals surface area contributed by atoms with Crippen molar-refractivity contribution in [2.45, 2.75) is 78.2 Å². The number of imidazole rings is 1. The van der Waals surface area contributed by atoms with E-state index in [9.17, 15) is 4.79 Å². The molecule has 2 saturated heterocycles. The van der Waals surface area contributed by atoms with E-state index in [0.29, 0.717) is 18.1 Å². The van der Waals surface area contributed by atoms with Gasteiger partial charge in [-0.15, -0.1) is 0 Å². The van der Waals surface area contributed by atoms with Gasteiger partial charge < -0.3 is 20.3 Å². The Labute approximate surface area is 252 Å². The third-order valence-corrected chi connectivity index (χ3v) is 8.64. The van der Waals surface area contributed by atoms with Crippen LogP contribution in [-0.4, -0.2) is 83.4 Å². The maximum atomic E-state index is 12.7. The lowest BCUT2D eigenvalue weighted by atomic mass is 9.93. The van der Waals surface area contributed by atoms with Crippen LogP contribution in [0.15, 0.2) is 30.6 Å². The Morgan fingerprint density at radius 2 is 2.00 bits per heavy atom. The number of piperidine rings is 1. The largest absolute Gasteiger partial charge is 0.383 e. The number of allylic oxidation sites excluding steroid dienone is 1. The van der Waals surface area contributed by atoms with E-state index in [4.69, 9.17) is 19.8 Å². The summed E-state index contributed by atoms with van der Waals surface area (Å²) in [5, 5.41) is 11.7. The Hall–Kier alpha value is -2.98. The zero-order valence-electron chi connectivity index (χ0n) is 26.3. The number of nitrogens with one attached hydrogen (secondary N) is 2. The van der Waals surface area contributed by atoms with Crippen LogP contribution < -0.4 is 15.5 Å². The molecule has 2 aliphatic heterocycles. The lowest BCUT2D eigenvalue weighted by Gasteiger charge is -2.36. The van der Waals surface area contributed by atoms with E-state index in [-0.39, 0.29) is 17.9 Å². The fraction of sp³-hybridized carbons (Fsp3) is 0.688. The van der Waals surface area contributed by atoms with Crippen LogP contribution in [-0.2, 0) is 16.0 Å². The molecule has 0 bridgehead atoms. The number of fused-ring (bicyclic) bond motifs is 1. The van der Waals surface area contributed by atoms with E-state index in [0.717, 1.165) is 106 Å². The van der Waals surface area contributed by atoms with Gasteiger partial charge in [-0.2, -0.15) is 10.1 Å². The number of methoxy groups -OCH3 is 1. The molecule has 4 rings (SSSR count). The molecule has 0 aromatic carbocycles. The van der Waals surface area contributed by atoms with Crippen molar-refractivity contribution in [2.75, 3.05) is 57.9 Å². The van der Waals surface area contributed by atoms with Gasteiger partial charge in [-0.05, 0) is 32.1 Å². The van der Waals surface area contributed by atoms with Crippen LogP contribution >= 0.6 is 0 Å². The number of carbonyl (C=O) groups excluding carboxylic acids is 1. The van der Waals surface area contributed by atoms with Crippen LogP contribution in [0.4, 0.5) is 5.82 Å². The van der Waals surface area contributed by atoms with E-state index in [1.165, 1.54) is 12.8 Å². The minimum atomic E-state index is -0.0873. The molecule has 3 atom stereocenters. The van der Waals surface area contributed by atoms with Gasteiger partial charge in [-0.1, -0.05) is 51.8 Å². The number of piperazine rings is 1. The van der Waals surface area contributed by atoms with Gasteiger partial charge in [0.1, 0.15) is 5.69 Å². The van der Waals surface area contributed by atoms with Crippen molar-refractivity contribution in [2.24, 2.45) is 11.8 Å². The third-order valence-electron chi connectivity index (χ3n) is 8.64. The molecule has 2 aliphatic rings. The molecule has 2 aromatic heterocycles. The molecular formula is C32H52N8O2. The predicted molar refractivity (Wildman–Crippen MR) is 169 cm³/mol. The summed E-state index contributed by atoms with van der Waals surface area (Å²) in [5.74, 6) is 2.18. The van der Waals surface area contributed by atoms with Crippen molar-refractivity contribution in [3.8, 4) is 0 Å². The SMILES string of the molecule is C=C(C)CC(=C)NC(CCCC(C)CC)c1cn2nc(C[C@H]3CCCNC3=O)c(N3CCN(CCOC)CC3)nc2n1. The van der Waals surface area contributed by atoms with Crippen LogP contribution in [0.25, 0.3) is 5.78 Å². The maximum absolute atomic E-state index is 12.7. The van der Waals surface area contributed by atoms with Crippen molar-refractivity contribution < 1.29 is 9.53 Å². The zero-order chi connectivity index (χ0) is 30.1. The summed E-state index contributed by atoms with van der Waals surface area (Å²) in [7, 11) is 1.75. The Balaban J connectivity index is 1.62. The van der Waals surface area contributed by atoms with Gasteiger partial charge in [0.05, 0.1) is 24.5 Å². The Kier molecular flexibility index (Phi) is 11.8. The van der Waals surface area contributed by atoms with E-state index in [1.807, 2.05) is 17.6 Å². The van der Waals surface area contributed by atoms with Gasteiger partial charge in [-0.25, -0.2) is 9.50 Å². The molecule has 10 nitrogen and oxygen atoms in total. The average Bonchev–Trinajstić information content (AvgIpc) is 3.39. The summed E-state index contributed by atoms with van der Waals surface area (Å²) < 4.78 is 7.10. The second-order valence-electron chi connectivity index (χ2n) is 12.3. The molecule has 10 heteroatoms. The lowest BCUT2D eigenvalue weighted by Crippen LogP contribution is -2.48. The molecule has 0 aliphatic carbocycles. The molecule has 0 saturated carbocycles. The minimum Gasteiger partial charge on any atom is -0.383 e. The highest BCUT2D eigenvalue weighted by molar-refractivity contribution is 5.79. The standard InChI is InChI=1S/C32H52N8O2/c1-7-24(4)10-8-12-27(34-25(5)20-23(2)3)29-22-40-32(35-29)36-30(39-16-14-38(15-17-39)18-19-42-6)28(37-40)21-26-11-9-13-33-31(26)41/h22,24,26-27,34H,2,5,7-21H2,1,3-4,6H3,(H,33,41)/t24?,26-,27?/m1/s1. The van der Waals surface area contributed by atoms with Crippen molar-refractivity contribution in [1.82, 2.24) is 35.1 Å². The summed E-state index contributed by atoms with van der Waals surface area (Å²) in [5.41, 5.74) is 3.81. The number of hydrogen-bond acceptors (Lipinski definition) is 8. The number of amides is 1. The Bertz CT molecular complexity index is 1200. The molecule has 2 unspecified atom stereocenters. The fourth-order valence-corrected chi connectivity index (χ4v) is 5.91.